The van der Waals surface area contributed by atoms with Crippen molar-refractivity contribution in [2.24, 2.45) is 0 Å². The minimum atomic E-state index is 0.723. The lowest BCUT2D eigenvalue weighted by molar-refractivity contribution is 0.981. The molecule has 0 fully saturated rings. The third-order valence-corrected chi connectivity index (χ3v) is 3.33. The van der Waals surface area contributed by atoms with E-state index in [4.69, 9.17) is 0 Å². The number of halogens is 1. The van der Waals surface area contributed by atoms with Crippen molar-refractivity contribution in [1.29, 1.82) is 0 Å². The molecule has 0 aliphatic carbocycles. The van der Waals surface area contributed by atoms with Gasteiger partial charge in [0.15, 0.2) is 0 Å². The second-order valence-electron chi connectivity index (χ2n) is 4.42. The Kier molecular flexibility index (Phi) is 4.90. The summed E-state index contributed by atoms with van der Waals surface area (Å²) in [6, 6.07) is 10.2. The molecule has 98 valence electrons. The third-order valence-electron chi connectivity index (χ3n) is 2.61. The van der Waals surface area contributed by atoms with Gasteiger partial charge in [0.25, 0.3) is 0 Å². The highest BCUT2D eigenvalue weighted by molar-refractivity contribution is 14.1. The van der Waals surface area contributed by atoms with Crippen LogP contribution in [0.1, 0.15) is 13.8 Å². The zero-order chi connectivity index (χ0) is 13.7. The molecule has 4 heteroatoms. The number of anilines is 2. The molecule has 1 heterocycles. The maximum Gasteiger partial charge on any atom is 0.230 e. The molecule has 19 heavy (non-hydrogen) atoms. The van der Waals surface area contributed by atoms with Crippen LogP contribution in [0.3, 0.4) is 0 Å². The Morgan fingerprint density at radius 2 is 1.79 bits per heavy atom. The topological polar surface area (TPSA) is 29.0 Å². The van der Waals surface area contributed by atoms with Crippen LogP contribution in [0.5, 0.6) is 0 Å². The fourth-order valence-corrected chi connectivity index (χ4v) is 1.99. The van der Waals surface area contributed by atoms with E-state index in [2.05, 4.69) is 81.6 Å². The minimum absolute atomic E-state index is 0.723. The third kappa shape index (κ3) is 4.02. The SMILES string of the molecule is CC(C)=CCN(c1ccc(I)cc1)c1ncccn1. The molecule has 0 aliphatic heterocycles. The summed E-state index contributed by atoms with van der Waals surface area (Å²) in [7, 11) is 0. The highest BCUT2D eigenvalue weighted by Gasteiger charge is 2.09. The summed E-state index contributed by atoms with van der Waals surface area (Å²) in [6.07, 6.45) is 5.71. The van der Waals surface area contributed by atoms with Crippen molar-refractivity contribution >= 4 is 34.2 Å². The fraction of sp³-hybridized carbons (Fsp3) is 0.200. The number of allylic oxidation sites excluding steroid dienone is 1. The van der Waals surface area contributed by atoms with Gasteiger partial charge in [0.1, 0.15) is 0 Å². The molecule has 0 radical (unpaired) electrons. The van der Waals surface area contributed by atoms with Gasteiger partial charge in [-0.25, -0.2) is 9.97 Å². The summed E-state index contributed by atoms with van der Waals surface area (Å²) in [5.74, 6) is 0.723. The normalized spacial score (nSPS) is 10.1. The average molecular weight is 365 g/mol. The van der Waals surface area contributed by atoms with Crippen molar-refractivity contribution in [3.05, 3.63) is 57.9 Å². The van der Waals surface area contributed by atoms with Crippen LogP contribution in [0.2, 0.25) is 0 Å². The second kappa shape index (κ2) is 6.65. The number of rotatable bonds is 4. The van der Waals surface area contributed by atoms with E-state index < -0.39 is 0 Å². The average Bonchev–Trinajstić information content (AvgIpc) is 2.42. The van der Waals surface area contributed by atoms with Gasteiger partial charge in [0.05, 0.1) is 0 Å². The Balaban J connectivity index is 2.34. The van der Waals surface area contributed by atoms with Gasteiger partial charge in [-0.15, -0.1) is 0 Å². The Morgan fingerprint density at radius 1 is 1.16 bits per heavy atom. The summed E-state index contributed by atoms with van der Waals surface area (Å²) in [6.45, 7) is 4.96. The molecule has 0 saturated carbocycles. The zero-order valence-corrected chi connectivity index (χ0v) is 13.2. The van der Waals surface area contributed by atoms with E-state index in [9.17, 15) is 0 Å². The van der Waals surface area contributed by atoms with Crippen LogP contribution in [0.4, 0.5) is 11.6 Å². The number of aromatic nitrogens is 2. The molecule has 0 bridgehead atoms. The first-order valence-electron chi connectivity index (χ1n) is 6.10. The Morgan fingerprint density at radius 3 is 2.37 bits per heavy atom. The second-order valence-corrected chi connectivity index (χ2v) is 5.66. The summed E-state index contributed by atoms with van der Waals surface area (Å²) >= 11 is 2.30. The lowest BCUT2D eigenvalue weighted by Crippen LogP contribution is -2.19. The zero-order valence-electron chi connectivity index (χ0n) is 11.0. The van der Waals surface area contributed by atoms with Crippen molar-refractivity contribution in [3.8, 4) is 0 Å². The summed E-state index contributed by atoms with van der Waals surface area (Å²) in [5.41, 5.74) is 2.38. The standard InChI is InChI=1S/C15H16IN3/c1-12(2)8-11-19(15-17-9-3-10-18-15)14-6-4-13(16)5-7-14/h3-10H,11H2,1-2H3. The van der Waals surface area contributed by atoms with Crippen molar-refractivity contribution in [2.45, 2.75) is 13.8 Å². The fourth-order valence-electron chi connectivity index (χ4n) is 1.63. The molecule has 0 N–H and O–H groups in total. The van der Waals surface area contributed by atoms with Crippen molar-refractivity contribution in [2.75, 3.05) is 11.4 Å². The van der Waals surface area contributed by atoms with Gasteiger partial charge in [-0.2, -0.15) is 0 Å². The molecule has 3 nitrogen and oxygen atoms in total. The monoisotopic (exact) mass is 365 g/mol. The number of hydrogen-bond acceptors (Lipinski definition) is 3. The van der Waals surface area contributed by atoms with Gasteiger partial charge < -0.3 is 4.90 Å². The Hall–Kier alpha value is -1.43. The first-order valence-corrected chi connectivity index (χ1v) is 7.18. The van der Waals surface area contributed by atoms with Crippen LogP contribution >= 0.6 is 22.6 Å². The van der Waals surface area contributed by atoms with Crippen molar-refractivity contribution < 1.29 is 0 Å². The molecule has 0 saturated heterocycles. The van der Waals surface area contributed by atoms with Crippen LogP contribution < -0.4 is 4.90 Å². The predicted molar refractivity (Wildman–Crippen MR) is 87.6 cm³/mol. The van der Waals surface area contributed by atoms with Gasteiger partial charge in [0, 0.05) is 28.2 Å². The molecular weight excluding hydrogens is 349 g/mol. The van der Waals surface area contributed by atoms with E-state index in [1.165, 1.54) is 9.14 Å². The molecule has 0 unspecified atom stereocenters. The maximum absolute atomic E-state index is 4.34. The summed E-state index contributed by atoms with van der Waals surface area (Å²) in [5, 5.41) is 0. The first-order chi connectivity index (χ1) is 9.16. The van der Waals surface area contributed by atoms with E-state index in [1.807, 2.05) is 6.07 Å². The van der Waals surface area contributed by atoms with Gasteiger partial charge in [-0.3, -0.25) is 0 Å². The van der Waals surface area contributed by atoms with E-state index in [1.54, 1.807) is 12.4 Å². The highest BCUT2D eigenvalue weighted by Crippen LogP contribution is 2.22. The number of hydrogen-bond donors (Lipinski definition) is 0. The molecule has 1 aromatic carbocycles. The maximum atomic E-state index is 4.34. The van der Waals surface area contributed by atoms with Crippen LogP contribution in [0.15, 0.2) is 54.4 Å². The molecule has 1 aromatic heterocycles. The molecular formula is C15H16IN3. The van der Waals surface area contributed by atoms with Crippen LogP contribution in [0.25, 0.3) is 0 Å². The van der Waals surface area contributed by atoms with E-state index in [-0.39, 0.29) is 0 Å². The Bertz CT molecular complexity index is 545. The Labute approximate surface area is 127 Å². The quantitative estimate of drug-likeness (QED) is 0.601. The smallest absolute Gasteiger partial charge is 0.230 e. The van der Waals surface area contributed by atoms with E-state index in [0.29, 0.717) is 0 Å². The highest BCUT2D eigenvalue weighted by atomic mass is 127. The van der Waals surface area contributed by atoms with Crippen molar-refractivity contribution in [1.82, 2.24) is 9.97 Å². The van der Waals surface area contributed by atoms with Gasteiger partial charge in [-0.05, 0) is 66.8 Å². The molecule has 0 spiro atoms. The molecule has 2 rings (SSSR count). The van der Waals surface area contributed by atoms with Crippen LogP contribution in [0, 0.1) is 3.57 Å². The number of benzene rings is 1. The van der Waals surface area contributed by atoms with Crippen molar-refractivity contribution in [3.63, 3.8) is 0 Å². The number of nitrogens with zero attached hydrogens (tertiary/aromatic N) is 3. The van der Waals surface area contributed by atoms with Gasteiger partial charge in [-0.1, -0.05) is 11.6 Å². The molecule has 0 atom stereocenters. The first kappa shape index (κ1) is 14.0. The van der Waals surface area contributed by atoms with Gasteiger partial charge in [0.2, 0.25) is 5.95 Å². The van der Waals surface area contributed by atoms with E-state index in [0.717, 1.165) is 18.2 Å². The van der Waals surface area contributed by atoms with Gasteiger partial charge >= 0.3 is 0 Å². The predicted octanol–water partition coefficient (Wildman–Crippen LogP) is 4.19. The lowest BCUT2D eigenvalue weighted by Gasteiger charge is -2.21. The summed E-state index contributed by atoms with van der Waals surface area (Å²) in [4.78, 5) is 10.8. The molecule has 0 aliphatic rings. The lowest BCUT2D eigenvalue weighted by atomic mass is 10.2. The van der Waals surface area contributed by atoms with Crippen LogP contribution in [-0.2, 0) is 0 Å². The largest absolute Gasteiger partial charge is 0.307 e. The summed E-state index contributed by atoms with van der Waals surface area (Å²) < 4.78 is 1.22. The minimum Gasteiger partial charge on any atom is -0.307 e. The molecule has 0 amide bonds. The van der Waals surface area contributed by atoms with Crippen LogP contribution in [-0.4, -0.2) is 16.5 Å². The van der Waals surface area contributed by atoms with E-state index >= 15 is 0 Å². The molecule has 2 aromatic rings.